The number of hydrogen-bond donors (Lipinski definition) is 1. The molecule has 0 spiro atoms. The van der Waals surface area contributed by atoms with Gasteiger partial charge >= 0.3 is 0 Å². The van der Waals surface area contributed by atoms with E-state index in [2.05, 4.69) is 42.3 Å². The van der Waals surface area contributed by atoms with E-state index in [-0.39, 0.29) is 4.90 Å². The van der Waals surface area contributed by atoms with Gasteiger partial charge in [0.25, 0.3) is 0 Å². The predicted octanol–water partition coefficient (Wildman–Crippen LogP) is 2.66. The lowest BCUT2D eigenvalue weighted by atomic mass is 10.0. The van der Waals surface area contributed by atoms with E-state index in [0.29, 0.717) is 11.1 Å². The molecule has 0 aromatic heterocycles. The number of quaternary nitrogens is 1. The van der Waals surface area contributed by atoms with Crippen LogP contribution in [0.2, 0.25) is 0 Å². The van der Waals surface area contributed by atoms with Crippen LogP contribution in [0.25, 0.3) is 0 Å². The zero-order valence-electron chi connectivity index (χ0n) is 16.0. The molecule has 0 saturated carbocycles. The van der Waals surface area contributed by atoms with Crippen LogP contribution in [0.4, 0.5) is 0 Å². The van der Waals surface area contributed by atoms with Crippen LogP contribution >= 0.6 is 0 Å². The quantitative estimate of drug-likeness (QED) is 0.822. The number of rotatable bonds is 3. The van der Waals surface area contributed by atoms with Crippen LogP contribution in [-0.4, -0.2) is 24.5 Å². The largest absolute Gasteiger partial charge is 0.744 e. The van der Waals surface area contributed by atoms with Gasteiger partial charge in [0.2, 0.25) is 0 Å². The fourth-order valence-corrected chi connectivity index (χ4v) is 3.99. The van der Waals surface area contributed by atoms with E-state index in [1.165, 1.54) is 11.1 Å². The fourth-order valence-electron chi connectivity index (χ4n) is 3.09. The molecule has 2 aromatic carbocycles. The normalized spacial score (nSPS) is 13.7. The average molecular weight is 387 g/mol. The highest BCUT2D eigenvalue weighted by Crippen LogP contribution is 2.20. The lowest BCUT2D eigenvalue weighted by molar-refractivity contribution is -0.552. The molecule has 1 heterocycles. The molecule has 0 aliphatic carbocycles. The molecule has 27 heavy (non-hydrogen) atoms. The van der Waals surface area contributed by atoms with E-state index in [1.54, 1.807) is 26.0 Å². The molecule has 6 heteroatoms. The first kappa shape index (κ1) is 20.9. The zero-order chi connectivity index (χ0) is 20.0. The smallest absolute Gasteiger partial charge is 0.124 e. The van der Waals surface area contributed by atoms with Crippen LogP contribution in [-0.2, 0) is 16.5 Å². The van der Waals surface area contributed by atoms with Crippen molar-refractivity contribution in [3.63, 3.8) is 0 Å². The minimum atomic E-state index is -4.33. The predicted molar refractivity (Wildman–Crippen MR) is 106 cm³/mol. The van der Waals surface area contributed by atoms with Gasteiger partial charge in [-0.2, -0.15) is 0 Å². The van der Waals surface area contributed by atoms with Gasteiger partial charge in [0.05, 0.1) is 17.6 Å². The van der Waals surface area contributed by atoms with Crippen LogP contribution < -0.4 is 5.84 Å². The summed E-state index contributed by atoms with van der Waals surface area (Å²) in [4.78, 5) is -0.0851. The van der Waals surface area contributed by atoms with Crippen molar-refractivity contribution in [2.75, 3.05) is 6.54 Å². The first-order valence-corrected chi connectivity index (χ1v) is 10.1. The van der Waals surface area contributed by atoms with Crippen molar-refractivity contribution >= 4 is 10.1 Å². The van der Waals surface area contributed by atoms with E-state index < -0.39 is 10.1 Å². The van der Waals surface area contributed by atoms with Gasteiger partial charge in [0.15, 0.2) is 0 Å². The first-order chi connectivity index (χ1) is 12.7. The van der Waals surface area contributed by atoms with Crippen molar-refractivity contribution in [1.82, 2.24) is 5.01 Å². The second-order valence-electron chi connectivity index (χ2n) is 6.71. The molecule has 0 unspecified atom stereocenters. The molecule has 5 nitrogen and oxygen atoms in total. The minimum Gasteiger partial charge on any atom is -0.744 e. The van der Waals surface area contributed by atoms with Crippen LogP contribution in [0.15, 0.2) is 71.3 Å². The molecule has 0 radical (unpaired) electrons. The Labute approximate surface area is 161 Å². The maximum absolute atomic E-state index is 10.8. The van der Waals surface area contributed by atoms with Gasteiger partial charge < -0.3 is 4.55 Å². The van der Waals surface area contributed by atoms with Crippen LogP contribution in [0.1, 0.15) is 22.3 Å². The number of hydrogen-bond acceptors (Lipinski definition) is 4. The second-order valence-corrected chi connectivity index (χ2v) is 8.03. The fraction of sp³-hybridized carbons (Fsp3) is 0.238. The van der Waals surface area contributed by atoms with Crippen molar-refractivity contribution in [1.29, 1.82) is 0 Å². The highest BCUT2D eigenvalue weighted by Gasteiger charge is 2.09. The van der Waals surface area contributed by atoms with Gasteiger partial charge in [-0.3, -0.25) is 5.84 Å². The summed E-state index contributed by atoms with van der Waals surface area (Å²) in [7, 11) is -4.33. The van der Waals surface area contributed by atoms with E-state index in [4.69, 9.17) is 0 Å². The van der Waals surface area contributed by atoms with Crippen molar-refractivity contribution < 1.29 is 18.8 Å². The molecule has 2 aromatic rings. The summed E-state index contributed by atoms with van der Waals surface area (Å²) in [6.45, 7) is 6.04. The Bertz CT molecular complexity index is 926. The molecule has 3 rings (SSSR count). The highest BCUT2D eigenvalue weighted by atomic mass is 32.2. The Balaban J connectivity index is 0.000000194. The lowest BCUT2D eigenvalue weighted by Crippen LogP contribution is -2.64. The molecule has 0 atom stereocenters. The maximum atomic E-state index is 10.8. The van der Waals surface area contributed by atoms with E-state index in [9.17, 15) is 13.0 Å². The highest BCUT2D eigenvalue weighted by molar-refractivity contribution is 7.85. The Morgan fingerprint density at radius 2 is 1.67 bits per heavy atom. The third-order valence-electron chi connectivity index (χ3n) is 4.19. The summed E-state index contributed by atoms with van der Waals surface area (Å²) in [5, 5.41) is 1.93. The van der Waals surface area contributed by atoms with E-state index >= 15 is 0 Å². The molecule has 0 amide bonds. The third-order valence-corrected chi connectivity index (χ3v) is 5.34. The lowest BCUT2D eigenvalue weighted by Gasteiger charge is -2.14. The molecule has 0 fully saturated rings. The van der Waals surface area contributed by atoms with Gasteiger partial charge in [0.1, 0.15) is 10.1 Å². The van der Waals surface area contributed by atoms with E-state index in [1.807, 2.05) is 24.2 Å². The van der Waals surface area contributed by atoms with Crippen molar-refractivity contribution in [2.24, 2.45) is 0 Å². The van der Waals surface area contributed by atoms with E-state index in [0.717, 1.165) is 18.5 Å². The van der Waals surface area contributed by atoms with Gasteiger partial charge in [-0.25, -0.2) is 13.4 Å². The Morgan fingerprint density at radius 1 is 1.07 bits per heavy atom. The molecule has 1 aliphatic rings. The number of aryl methyl sites for hydroxylation is 3. The van der Waals surface area contributed by atoms with Crippen molar-refractivity contribution in [2.45, 2.75) is 32.1 Å². The standard InChI is InChI=1S/C12H14N2.C9H12O3S/c13-14-8-6-12(7-9-14)10-11-4-2-1-3-5-11;1-6-4-7(2)9(8(3)5-6)13(10,11)12/h1-8H,9-10,13H2;4-5H,1-3H3,(H,10,11,12). The Kier molecular flexibility index (Phi) is 6.96. The number of benzene rings is 2. The number of nitrogens with zero attached hydrogens (tertiary/aromatic N) is 1. The SMILES string of the molecule is Cc1cc(C)c(S(=O)(=O)[O-])c(C)c1.[NH3+]N1C=CC(Cc2ccccc2)=CC1. The average Bonchev–Trinajstić information content (AvgIpc) is 2.56. The molecule has 3 N–H and O–H groups in total. The van der Waals surface area contributed by atoms with Gasteiger partial charge in [-0.05, 0) is 55.5 Å². The Hall–Kier alpha value is -2.41. The molecular formula is C21H26N2O3S. The summed E-state index contributed by atoms with van der Waals surface area (Å²) in [5.41, 5.74) is 4.74. The summed E-state index contributed by atoms with van der Waals surface area (Å²) >= 11 is 0. The summed E-state index contributed by atoms with van der Waals surface area (Å²) < 4.78 is 32.5. The van der Waals surface area contributed by atoms with Gasteiger partial charge in [-0.1, -0.05) is 54.1 Å². The molecular weight excluding hydrogens is 360 g/mol. The summed E-state index contributed by atoms with van der Waals surface area (Å²) in [6.07, 6.45) is 7.40. The number of allylic oxidation sites excluding steroid dienone is 2. The van der Waals surface area contributed by atoms with Crippen LogP contribution in [0.5, 0.6) is 0 Å². The van der Waals surface area contributed by atoms with Crippen LogP contribution in [0, 0.1) is 20.8 Å². The van der Waals surface area contributed by atoms with Crippen molar-refractivity contribution in [3.05, 3.63) is 88.6 Å². The maximum Gasteiger partial charge on any atom is 0.124 e. The minimum absolute atomic E-state index is 0.0851. The van der Waals surface area contributed by atoms with Gasteiger partial charge in [-0.15, -0.1) is 0 Å². The molecule has 144 valence electrons. The second kappa shape index (κ2) is 8.99. The molecule has 0 bridgehead atoms. The first-order valence-electron chi connectivity index (χ1n) is 8.69. The Morgan fingerprint density at radius 3 is 2.15 bits per heavy atom. The molecule has 1 aliphatic heterocycles. The van der Waals surface area contributed by atoms with Crippen LogP contribution in [0.3, 0.4) is 0 Å². The monoisotopic (exact) mass is 386 g/mol. The topological polar surface area (TPSA) is 88.1 Å². The van der Waals surface area contributed by atoms with Gasteiger partial charge in [0, 0.05) is 0 Å². The zero-order valence-corrected chi connectivity index (χ0v) is 16.8. The third kappa shape index (κ3) is 6.36. The van der Waals surface area contributed by atoms with Crippen molar-refractivity contribution in [3.8, 4) is 0 Å². The molecule has 0 saturated heterocycles. The summed E-state index contributed by atoms with van der Waals surface area (Å²) in [6, 6.07) is 13.9. The summed E-state index contributed by atoms with van der Waals surface area (Å²) in [5.74, 6) is 3.84.